The Morgan fingerprint density at radius 2 is 1.79 bits per heavy atom. The molecular weight excluding hydrogens is 408 g/mol. The Labute approximate surface area is 174 Å². The van der Waals surface area contributed by atoms with Gasteiger partial charge in [-0.3, -0.25) is 10.1 Å². The van der Waals surface area contributed by atoms with Gasteiger partial charge in [-0.25, -0.2) is 13.1 Å². The van der Waals surface area contributed by atoms with Crippen molar-refractivity contribution in [2.24, 2.45) is 0 Å². The highest BCUT2D eigenvalue weighted by Gasteiger charge is 2.20. The Morgan fingerprint density at radius 3 is 2.52 bits per heavy atom. The molecule has 0 radical (unpaired) electrons. The number of sulfonamides is 1. The number of carbonyl (C=O) groups is 1. The number of carbonyl (C=O) groups excluding carboxylic acids is 1. The highest BCUT2D eigenvalue weighted by molar-refractivity contribution is 7.91. The molecule has 3 aromatic rings. The number of aromatic nitrogens is 2. The van der Waals surface area contributed by atoms with Crippen molar-refractivity contribution in [3.05, 3.63) is 70.8 Å². The molecule has 0 saturated carbocycles. The van der Waals surface area contributed by atoms with Gasteiger partial charge in [0.1, 0.15) is 0 Å². The van der Waals surface area contributed by atoms with Gasteiger partial charge in [0.2, 0.25) is 9.47 Å². The second kappa shape index (κ2) is 9.25. The van der Waals surface area contributed by atoms with Gasteiger partial charge >= 0.3 is 0 Å². The first-order valence-corrected chi connectivity index (χ1v) is 11.4. The molecule has 2 N–H and O–H groups in total. The number of hydrogen-bond donors (Lipinski definition) is 2. The van der Waals surface area contributed by atoms with Crippen LogP contribution >= 0.6 is 11.3 Å². The van der Waals surface area contributed by atoms with Gasteiger partial charge in [0.25, 0.3) is 15.9 Å². The summed E-state index contributed by atoms with van der Waals surface area (Å²) in [6.07, 6.45) is 1.44. The lowest BCUT2D eigenvalue weighted by Gasteiger charge is -2.04. The molecule has 0 spiro atoms. The standard InChI is InChI=1S/C20H22N4O3S2/c1-14-8-10-16(11-9-14)6-4-12-21-29(26,27)20-24-23-19(28-20)22-18(25)17-7-3-5-15(2)13-17/h3,5,7-11,13,21H,4,6,12H2,1-2H3,(H,22,23,25). The van der Waals surface area contributed by atoms with Crippen molar-refractivity contribution in [2.75, 3.05) is 11.9 Å². The summed E-state index contributed by atoms with van der Waals surface area (Å²) >= 11 is 0.818. The van der Waals surface area contributed by atoms with Crippen LogP contribution in [0.4, 0.5) is 5.13 Å². The summed E-state index contributed by atoms with van der Waals surface area (Å²) in [4.78, 5) is 12.3. The predicted molar refractivity (Wildman–Crippen MR) is 114 cm³/mol. The third kappa shape index (κ3) is 5.93. The van der Waals surface area contributed by atoms with Crippen molar-refractivity contribution < 1.29 is 13.2 Å². The van der Waals surface area contributed by atoms with E-state index >= 15 is 0 Å². The minimum absolute atomic E-state index is 0.136. The number of nitrogens with one attached hydrogen (secondary N) is 2. The average Bonchev–Trinajstić information content (AvgIpc) is 3.16. The van der Waals surface area contributed by atoms with Crippen molar-refractivity contribution in [2.45, 2.75) is 31.0 Å². The predicted octanol–water partition coefficient (Wildman–Crippen LogP) is 3.32. The van der Waals surface area contributed by atoms with E-state index in [4.69, 9.17) is 0 Å². The van der Waals surface area contributed by atoms with Gasteiger partial charge in [-0.1, -0.05) is 58.9 Å². The van der Waals surface area contributed by atoms with E-state index in [9.17, 15) is 13.2 Å². The number of amides is 1. The Kier molecular flexibility index (Phi) is 6.73. The third-order valence-corrected chi connectivity index (χ3v) is 6.86. The summed E-state index contributed by atoms with van der Waals surface area (Å²) in [6, 6.07) is 15.2. The van der Waals surface area contributed by atoms with Crippen LogP contribution in [-0.4, -0.2) is 31.1 Å². The van der Waals surface area contributed by atoms with Crippen LogP contribution in [0.3, 0.4) is 0 Å². The zero-order valence-corrected chi connectivity index (χ0v) is 17.8. The van der Waals surface area contributed by atoms with Gasteiger partial charge in [-0.05, 0) is 44.4 Å². The summed E-state index contributed by atoms with van der Waals surface area (Å²) < 4.78 is 27.1. The van der Waals surface area contributed by atoms with Crippen LogP contribution in [-0.2, 0) is 16.4 Å². The molecule has 0 saturated heterocycles. The Bertz CT molecular complexity index is 1090. The van der Waals surface area contributed by atoms with Crippen LogP contribution in [0.5, 0.6) is 0 Å². The van der Waals surface area contributed by atoms with E-state index in [1.807, 2.05) is 44.2 Å². The molecule has 3 rings (SSSR count). The van der Waals surface area contributed by atoms with Gasteiger partial charge in [0, 0.05) is 12.1 Å². The highest BCUT2D eigenvalue weighted by Crippen LogP contribution is 2.20. The average molecular weight is 431 g/mol. The van der Waals surface area contributed by atoms with E-state index in [2.05, 4.69) is 20.2 Å². The first-order valence-electron chi connectivity index (χ1n) is 9.10. The van der Waals surface area contributed by atoms with Crippen molar-refractivity contribution in [3.63, 3.8) is 0 Å². The van der Waals surface area contributed by atoms with E-state index in [0.717, 1.165) is 28.9 Å². The maximum atomic E-state index is 12.4. The van der Waals surface area contributed by atoms with Crippen LogP contribution in [0, 0.1) is 13.8 Å². The van der Waals surface area contributed by atoms with Gasteiger partial charge in [0.05, 0.1) is 0 Å². The topological polar surface area (TPSA) is 101 Å². The van der Waals surface area contributed by atoms with Crippen molar-refractivity contribution in [1.29, 1.82) is 0 Å². The number of nitrogens with zero attached hydrogens (tertiary/aromatic N) is 2. The van der Waals surface area contributed by atoms with Crippen LogP contribution in [0.1, 0.15) is 33.5 Å². The van der Waals surface area contributed by atoms with E-state index in [-0.39, 0.29) is 15.4 Å². The lowest BCUT2D eigenvalue weighted by atomic mass is 10.1. The minimum atomic E-state index is -3.76. The molecule has 2 aromatic carbocycles. The summed E-state index contributed by atoms with van der Waals surface area (Å²) in [5, 5.41) is 10.2. The fourth-order valence-corrected chi connectivity index (χ4v) is 4.65. The molecule has 1 heterocycles. The van der Waals surface area contributed by atoms with E-state index in [1.165, 1.54) is 5.56 Å². The molecule has 0 bridgehead atoms. The quantitative estimate of drug-likeness (QED) is 0.422. The smallest absolute Gasteiger partial charge is 0.269 e. The Morgan fingerprint density at radius 1 is 1.03 bits per heavy atom. The minimum Gasteiger partial charge on any atom is -0.296 e. The fraction of sp³-hybridized carbons (Fsp3) is 0.250. The second-order valence-electron chi connectivity index (χ2n) is 6.68. The van der Waals surface area contributed by atoms with Crippen LogP contribution < -0.4 is 10.0 Å². The first-order chi connectivity index (χ1) is 13.8. The van der Waals surface area contributed by atoms with Crippen LogP contribution in [0.15, 0.2) is 52.9 Å². The Hall–Kier alpha value is -2.62. The number of rotatable bonds is 8. The SMILES string of the molecule is Cc1ccc(CCCNS(=O)(=O)c2nnc(NC(=O)c3cccc(C)c3)s2)cc1. The summed E-state index contributed by atoms with van der Waals surface area (Å²) in [5.41, 5.74) is 3.77. The van der Waals surface area contributed by atoms with Gasteiger partial charge in [0.15, 0.2) is 0 Å². The number of anilines is 1. The zero-order valence-electron chi connectivity index (χ0n) is 16.2. The molecule has 1 amide bonds. The molecule has 9 heteroatoms. The molecule has 152 valence electrons. The van der Waals surface area contributed by atoms with Crippen molar-refractivity contribution >= 4 is 32.4 Å². The number of hydrogen-bond acceptors (Lipinski definition) is 6. The van der Waals surface area contributed by atoms with Gasteiger partial charge < -0.3 is 0 Å². The van der Waals surface area contributed by atoms with Gasteiger partial charge in [-0.2, -0.15) is 0 Å². The summed E-state index contributed by atoms with van der Waals surface area (Å²) in [5.74, 6) is -0.361. The van der Waals surface area contributed by atoms with E-state index in [1.54, 1.807) is 18.2 Å². The monoisotopic (exact) mass is 430 g/mol. The highest BCUT2D eigenvalue weighted by atomic mass is 32.2. The van der Waals surface area contributed by atoms with Crippen molar-refractivity contribution in [1.82, 2.24) is 14.9 Å². The number of aryl methyl sites for hydroxylation is 3. The molecule has 0 fully saturated rings. The summed E-state index contributed by atoms with van der Waals surface area (Å²) in [6.45, 7) is 4.20. The molecule has 7 nitrogen and oxygen atoms in total. The molecular formula is C20H22N4O3S2. The van der Waals surface area contributed by atoms with Crippen LogP contribution in [0.2, 0.25) is 0 Å². The lowest BCUT2D eigenvalue weighted by molar-refractivity contribution is 0.102. The molecule has 0 atom stereocenters. The molecule has 0 aliphatic rings. The van der Waals surface area contributed by atoms with Crippen LogP contribution in [0.25, 0.3) is 0 Å². The zero-order chi connectivity index (χ0) is 20.9. The van der Waals surface area contributed by atoms with Gasteiger partial charge in [-0.15, -0.1) is 10.2 Å². The maximum Gasteiger partial charge on any atom is 0.269 e. The Balaban J connectivity index is 1.54. The third-order valence-electron chi connectivity index (χ3n) is 4.19. The first kappa shape index (κ1) is 21.1. The molecule has 1 aromatic heterocycles. The summed E-state index contributed by atoms with van der Waals surface area (Å²) in [7, 11) is -3.76. The molecule has 29 heavy (non-hydrogen) atoms. The van der Waals surface area contributed by atoms with Crippen molar-refractivity contribution in [3.8, 4) is 0 Å². The molecule has 0 unspecified atom stereocenters. The number of benzene rings is 2. The molecule has 0 aliphatic heterocycles. The normalized spacial score (nSPS) is 11.4. The fourth-order valence-electron chi connectivity index (χ4n) is 2.64. The molecule has 0 aliphatic carbocycles. The second-order valence-corrected chi connectivity index (χ2v) is 9.60. The van der Waals surface area contributed by atoms with E-state index in [0.29, 0.717) is 18.5 Å². The maximum absolute atomic E-state index is 12.4. The lowest BCUT2D eigenvalue weighted by Crippen LogP contribution is -2.25. The largest absolute Gasteiger partial charge is 0.296 e. The van der Waals surface area contributed by atoms with E-state index < -0.39 is 10.0 Å².